The van der Waals surface area contributed by atoms with Gasteiger partial charge in [-0.25, -0.2) is 8.42 Å². The number of hydrogen-bond acceptors (Lipinski definition) is 3. The third-order valence-electron chi connectivity index (χ3n) is 4.25. The SMILES string of the molecule is CCCS(=O)(=O)N1CCCc2cc(NC(=O)c3ccccc3)ccc21. The van der Waals surface area contributed by atoms with Crippen LogP contribution in [0.3, 0.4) is 0 Å². The number of fused-ring (bicyclic) bond motifs is 1. The second kappa shape index (κ2) is 7.27. The summed E-state index contributed by atoms with van der Waals surface area (Å²) in [5, 5.41) is 2.88. The highest BCUT2D eigenvalue weighted by Crippen LogP contribution is 2.32. The van der Waals surface area contributed by atoms with Gasteiger partial charge in [-0.15, -0.1) is 0 Å². The summed E-state index contributed by atoms with van der Waals surface area (Å²) < 4.78 is 26.4. The van der Waals surface area contributed by atoms with Gasteiger partial charge >= 0.3 is 0 Å². The Kier molecular flexibility index (Phi) is 5.08. The van der Waals surface area contributed by atoms with Crippen LogP contribution in [0.25, 0.3) is 0 Å². The number of carbonyl (C=O) groups is 1. The van der Waals surface area contributed by atoms with Crippen LogP contribution in [0.2, 0.25) is 0 Å². The summed E-state index contributed by atoms with van der Waals surface area (Å²) in [5.41, 5.74) is 2.96. The molecule has 0 atom stereocenters. The van der Waals surface area contributed by atoms with Crippen molar-refractivity contribution >= 4 is 27.3 Å². The number of amides is 1. The summed E-state index contributed by atoms with van der Waals surface area (Å²) in [7, 11) is -3.28. The number of anilines is 2. The van der Waals surface area contributed by atoms with Crippen LogP contribution in [0.1, 0.15) is 35.7 Å². The molecule has 1 aliphatic rings. The molecular weight excluding hydrogens is 336 g/mol. The van der Waals surface area contributed by atoms with Crippen LogP contribution >= 0.6 is 0 Å². The molecule has 0 spiro atoms. The van der Waals surface area contributed by atoms with E-state index in [1.54, 1.807) is 24.3 Å². The van der Waals surface area contributed by atoms with E-state index in [2.05, 4.69) is 5.32 Å². The summed E-state index contributed by atoms with van der Waals surface area (Å²) in [6, 6.07) is 14.4. The number of benzene rings is 2. The zero-order chi connectivity index (χ0) is 17.9. The quantitative estimate of drug-likeness (QED) is 0.890. The summed E-state index contributed by atoms with van der Waals surface area (Å²) >= 11 is 0. The van der Waals surface area contributed by atoms with Crippen molar-refractivity contribution in [3.05, 3.63) is 59.7 Å². The van der Waals surface area contributed by atoms with Gasteiger partial charge in [0, 0.05) is 17.8 Å². The van der Waals surface area contributed by atoms with Crippen molar-refractivity contribution in [2.75, 3.05) is 21.9 Å². The van der Waals surface area contributed by atoms with Crippen molar-refractivity contribution < 1.29 is 13.2 Å². The van der Waals surface area contributed by atoms with Crippen molar-refractivity contribution in [3.8, 4) is 0 Å². The van der Waals surface area contributed by atoms with E-state index in [1.165, 1.54) is 4.31 Å². The fourth-order valence-electron chi connectivity index (χ4n) is 3.09. The van der Waals surface area contributed by atoms with E-state index in [9.17, 15) is 13.2 Å². The maximum absolute atomic E-state index is 12.5. The minimum atomic E-state index is -3.28. The Bertz CT molecular complexity index is 863. The van der Waals surface area contributed by atoms with Crippen LogP contribution in [0.15, 0.2) is 48.5 Å². The van der Waals surface area contributed by atoms with E-state index in [-0.39, 0.29) is 11.7 Å². The number of nitrogens with zero attached hydrogens (tertiary/aromatic N) is 1. The second-order valence-corrected chi connectivity index (χ2v) is 8.17. The van der Waals surface area contributed by atoms with Crippen LogP contribution in [0.4, 0.5) is 11.4 Å². The number of sulfonamides is 1. The van der Waals surface area contributed by atoms with E-state index in [4.69, 9.17) is 0 Å². The number of rotatable bonds is 5. The van der Waals surface area contributed by atoms with Gasteiger partial charge in [-0.1, -0.05) is 25.1 Å². The topological polar surface area (TPSA) is 66.5 Å². The third-order valence-corrected chi connectivity index (χ3v) is 6.22. The lowest BCUT2D eigenvalue weighted by molar-refractivity contribution is 0.102. The lowest BCUT2D eigenvalue weighted by atomic mass is 10.0. The predicted molar refractivity (Wildman–Crippen MR) is 101 cm³/mol. The van der Waals surface area contributed by atoms with Crippen molar-refractivity contribution in [2.24, 2.45) is 0 Å². The lowest BCUT2D eigenvalue weighted by Gasteiger charge is -2.30. The molecule has 3 rings (SSSR count). The number of aryl methyl sites for hydroxylation is 1. The number of carbonyl (C=O) groups excluding carboxylic acids is 1. The van der Waals surface area contributed by atoms with E-state index in [1.807, 2.05) is 31.2 Å². The smallest absolute Gasteiger partial charge is 0.255 e. The Morgan fingerprint density at radius 2 is 1.92 bits per heavy atom. The molecule has 0 saturated heterocycles. The summed E-state index contributed by atoms with van der Waals surface area (Å²) in [5.74, 6) is -0.0225. The maximum Gasteiger partial charge on any atom is 0.255 e. The summed E-state index contributed by atoms with van der Waals surface area (Å²) in [4.78, 5) is 12.3. The first kappa shape index (κ1) is 17.5. The molecule has 1 heterocycles. The Hall–Kier alpha value is -2.34. The minimum Gasteiger partial charge on any atom is -0.322 e. The van der Waals surface area contributed by atoms with Gasteiger partial charge in [-0.2, -0.15) is 0 Å². The predicted octanol–water partition coefficient (Wildman–Crippen LogP) is 3.43. The fourth-order valence-corrected chi connectivity index (χ4v) is 4.71. The highest BCUT2D eigenvalue weighted by atomic mass is 32.2. The Morgan fingerprint density at radius 1 is 1.16 bits per heavy atom. The highest BCUT2D eigenvalue weighted by molar-refractivity contribution is 7.92. The van der Waals surface area contributed by atoms with Crippen molar-refractivity contribution in [3.63, 3.8) is 0 Å². The highest BCUT2D eigenvalue weighted by Gasteiger charge is 2.26. The molecule has 0 aliphatic carbocycles. The maximum atomic E-state index is 12.5. The lowest BCUT2D eigenvalue weighted by Crippen LogP contribution is -2.37. The molecule has 5 nitrogen and oxygen atoms in total. The van der Waals surface area contributed by atoms with Gasteiger partial charge in [-0.3, -0.25) is 9.10 Å². The Morgan fingerprint density at radius 3 is 2.64 bits per heavy atom. The first-order chi connectivity index (χ1) is 12.0. The van der Waals surface area contributed by atoms with Gasteiger partial charge in [-0.05, 0) is 55.2 Å². The van der Waals surface area contributed by atoms with E-state index < -0.39 is 10.0 Å². The van der Waals surface area contributed by atoms with Gasteiger partial charge in [0.05, 0.1) is 11.4 Å². The first-order valence-electron chi connectivity index (χ1n) is 8.51. The van der Waals surface area contributed by atoms with E-state index in [0.29, 0.717) is 24.2 Å². The van der Waals surface area contributed by atoms with Gasteiger partial charge in [0.2, 0.25) is 10.0 Å². The Labute approximate surface area is 148 Å². The van der Waals surface area contributed by atoms with Crippen molar-refractivity contribution in [1.29, 1.82) is 0 Å². The number of hydrogen-bond donors (Lipinski definition) is 1. The third kappa shape index (κ3) is 3.85. The molecule has 2 aromatic rings. The molecule has 0 aromatic heterocycles. The van der Waals surface area contributed by atoms with E-state index >= 15 is 0 Å². The molecule has 0 fully saturated rings. The standard InChI is InChI=1S/C19H22N2O3S/c1-2-13-25(23,24)21-12-6-9-16-14-17(10-11-18(16)21)20-19(22)15-7-4-3-5-8-15/h3-5,7-8,10-11,14H,2,6,9,12-13H2,1H3,(H,20,22). The Balaban J connectivity index is 1.84. The minimum absolute atomic E-state index is 0.152. The van der Waals surface area contributed by atoms with E-state index in [0.717, 1.165) is 24.1 Å². The largest absolute Gasteiger partial charge is 0.322 e. The van der Waals surface area contributed by atoms with Gasteiger partial charge in [0.15, 0.2) is 0 Å². The summed E-state index contributed by atoms with van der Waals surface area (Å²) in [6.07, 6.45) is 2.19. The van der Waals surface area contributed by atoms with Crippen LogP contribution in [0, 0.1) is 0 Å². The molecule has 0 saturated carbocycles. The first-order valence-corrected chi connectivity index (χ1v) is 10.1. The van der Waals surface area contributed by atoms with Gasteiger partial charge < -0.3 is 5.32 Å². The van der Waals surface area contributed by atoms with Crippen LogP contribution in [-0.4, -0.2) is 26.6 Å². The van der Waals surface area contributed by atoms with Crippen LogP contribution < -0.4 is 9.62 Å². The average molecular weight is 358 g/mol. The zero-order valence-corrected chi connectivity index (χ0v) is 15.1. The average Bonchev–Trinajstić information content (AvgIpc) is 2.61. The molecule has 2 aromatic carbocycles. The molecule has 1 aliphatic heterocycles. The zero-order valence-electron chi connectivity index (χ0n) is 14.2. The van der Waals surface area contributed by atoms with Crippen LogP contribution in [-0.2, 0) is 16.4 Å². The molecular formula is C19H22N2O3S. The molecule has 25 heavy (non-hydrogen) atoms. The normalized spacial score (nSPS) is 14.0. The van der Waals surface area contributed by atoms with Crippen LogP contribution in [0.5, 0.6) is 0 Å². The molecule has 1 amide bonds. The molecule has 132 valence electrons. The monoisotopic (exact) mass is 358 g/mol. The number of nitrogens with one attached hydrogen (secondary N) is 1. The second-order valence-electron chi connectivity index (χ2n) is 6.16. The van der Waals surface area contributed by atoms with Crippen molar-refractivity contribution in [1.82, 2.24) is 0 Å². The van der Waals surface area contributed by atoms with Gasteiger partial charge in [0.25, 0.3) is 5.91 Å². The summed E-state index contributed by atoms with van der Waals surface area (Å²) in [6.45, 7) is 2.38. The van der Waals surface area contributed by atoms with Gasteiger partial charge in [0.1, 0.15) is 0 Å². The molecule has 0 bridgehead atoms. The molecule has 0 unspecified atom stereocenters. The molecule has 0 radical (unpaired) electrons. The molecule has 1 N–H and O–H groups in total. The van der Waals surface area contributed by atoms with Crippen molar-refractivity contribution in [2.45, 2.75) is 26.2 Å². The molecule has 6 heteroatoms. The fraction of sp³-hybridized carbons (Fsp3) is 0.316.